The average Bonchev–Trinajstić information content (AvgIpc) is 2.96. The number of ether oxygens (including phenoxy) is 2. The number of hydrogen-bond donors (Lipinski definition) is 1. The zero-order valence-electron chi connectivity index (χ0n) is 13.2. The number of rotatable bonds is 7. The summed E-state index contributed by atoms with van der Waals surface area (Å²) in [5.41, 5.74) is 1.45. The maximum Gasteiger partial charge on any atom is 0.387 e. The van der Waals surface area contributed by atoms with Crippen molar-refractivity contribution in [3.05, 3.63) is 51.7 Å². The topological polar surface area (TPSA) is 47.6 Å². The van der Waals surface area contributed by atoms with E-state index in [4.69, 9.17) is 4.74 Å². The molecule has 0 radical (unpaired) electrons. The normalized spacial score (nSPS) is 11.0. The molecule has 0 unspecified atom stereocenters. The molecule has 1 aromatic carbocycles. The molecule has 2 aromatic rings. The number of thiophene rings is 1. The van der Waals surface area contributed by atoms with Crippen molar-refractivity contribution >= 4 is 23.3 Å². The molecule has 0 aliphatic carbocycles. The van der Waals surface area contributed by atoms with E-state index in [0.29, 0.717) is 12.1 Å². The van der Waals surface area contributed by atoms with Gasteiger partial charge in [-0.25, -0.2) is 0 Å². The molecule has 0 fully saturated rings. The summed E-state index contributed by atoms with van der Waals surface area (Å²) < 4.78 is 34.6. The maximum atomic E-state index is 12.6. The Kier molecular flexibility index (Phi) is 6.31. The number of benzene rings is 1. The smallest absolute Gasteiger partial charge is 0.387 e. The number of hydrogen-bond acceptors (Lipinski definition) is 4. The van der Waals surface area contributed by atoms with E-state index in [0.717, 1.165) is 10.4 Å². The largest absolute Gasteiger partial charge is 0.493 e. The summed E-state index contributed by atoms with van der Waals surface area (Å²) in [7, 11) is 1.36. The van der Waals surface area contributed by atoms with Crippen LogP contribution in [0.3, 0.4) is 0 Å². The van der Waals surface area contributed by atoms with Gasteiger partial charge in [0.2, 0.25) is 5.91 Å². The summed E-state index contributed by atoms with van der Waals surface area (Å²) in [6.45, 7) is -0.590. The van der Waals surface area contributed by atoms with Gasteiger partial charge in [0.15, 0.2) is 11.5 Å². The van der Waals surface area contributed by atoms with E-state index in [9.17, 15) is 13.6 Å². The Morgan fingerprint density at radius 3 is 2.79 bits per heavy atom. The van der Waals surface area contributed by atoms with Gasteiger partial charge in [-0.2, -0.15) is 8.78 Å². The number of carbonyl (C=O) groups excluding carboxylic acids is 1. The van der Waals surface area contributed by atoms with Gasteiger partial charge in [-0.3, -0.25) is 4.79 Å². The van der Waals surface area contributed by atoms with E-state index in [1.807, 2.05) is 18.4 Å². The van der Waals surface area contributed by atoms with E-state index >= 15 is 0 Å². The van der Waals surface area contributed by atoms with E-state index in [1.165, 1.54) is 25.3 Å². The minimum absolute atomic E-state index is 0.104. The molecule has 1 amide bonds. The molecule has 128 valence electrons. The highest BCUT2D eigenvalue weighted by molar-refractivity contribution is 7.10. The Morgan fingerprint density at radius 2 is 2.17 bits per heavy atom. The number of alkyl halides is 2. The summed E-state index contributed by atoms with van der Waals surface area (Å²) in [6.07, 6.45) is 2.69. The zero-order chi connectivity index (χ0) is 17.5. The first-order valence-corrected chi connectivity index (χ1v) is 8.00. The van der Waals surface area contributed by atoms with Crippen LogP contribution in [0.15, 0.2) is 35.7 Å². The predicted molar refractivity (Wildman–Crippen MR) is 89.6 cm³/mol. The van der Waals surface area contributed by atoms with Crippen molar-refractivity contribution < 1.29 is 23.0 Å². The van der Waals surface area contributed by atoms with Gasteiger partial charge in [-0.15, -0.1) is 11.3 Å². The van der Waals surface area contributed by atoms with Crippen LogP contribution < -0.4 is 14.8 Å². The first kappa shape index (κ1) is 17.9. The van der Waals surface area contributed by atoms with Gasteiger partial charge in [0.1, 0.15) is 0 Å². The third-order valence-corrected chi connectivity index (χ3v) is 4.26. The van der Waals surface area contributed by atoms with E-state index in [1.54, 1.807) is 23.5 Å². The minimum atomic E-state index is -2.98. The Bertz CT molecular complexity index is 728. The second kappa shape index (κ2) is 8.44. The molecule has 7 heteroatoms. The number of para-hydroxylation sites is 1. The van der Waals surface area contributed by atoms with Crippen molar-refractivity contribution in [2.75, 3.05) is 7.11 Å². The average molecular weight is 353 g/mol. The van der Waals surface area contributed by atoms with Gasteiger partial charge in [-0.1, -0.05) is 12.1 Å². The molecule has 0 saturated heterocycles. The standard InChI is InChI=1S/C17H17F2NO3S/c1-11-8-9-24-14(11)10-20-15(21)7-6-12-4-3-5-13(22-2)16(12)23-17(18)19/h3-9,17H,10H2,1-2H3,(H,20,21). The van der Waals surface area contributed by atoms with Crippen LogP contribution in [0.1, 0.15) is 16.0 Å². The van der Waals surface area contributed by atoms with Crippen molar-refractivity contribution in [3.63, 3.8) is 0 Å². The Balaban J connectivity index is 2.07. The fraction of sp³-hybridized carbons (Fsp3) is 0.235. The van der Waals surface area contributed by atoms with E-state index < -0.39 is 6.61 Å². The Morgan fingerprint density at radius 1 is 1.38 bits per heavy atom. The third-order valence-electron chi connectivity index (χ3n) is 3.24. The van der Waals surface area contributed by atoms with Gasteiger partial charge in [-0.05, 0) is 36.1 Å². The molecule has 0 aliphatic heterocycles. The van der Waals surface area contributed by atoms with Crippen LogP contribution in [-0.2, 0) is 11.3 Å². The van der Waals surface area contributed by atoms with Gasteiger partial charge >= 0.3 is 6.61 Å². The fourth-order valence-electron chi connectivity index (χ4n) is 2.02. The minimum Gasteiger partial charge on any atom is -0.493 e. The fourth-order valence-corrected chi connectivity index (χ4v) is 2.86. The van der Waals surface area contributed by atoms with Crippen molar-refractivity contribution in [1.29, 1.82) is 0 Å². The lowest BCUT2D eigenvalue weighted by atomic mass is 10.1. The molecule has 24 heavy (non-hydrogen) atoms. The first-order chi connectivity index (χ1) is 11.5. The molecular weight excluding hydrogens is 336 g/mol. The quantitative estimate of drug-likeness (QED) is 0.766. The third kappa shape index (κ3) is 4.79. The number of halogens is 2. The van der Waals surface area contributed by atoms with Crippen molar-refractivity contribution in [1.82, 2.24) is 5.32 Å². The van der Waals surface area contributed by atoms with E-state index in [-0.39, 0.29) is 17.4 Å². The first-order valence-electron chi connectivity index (χ1n) is 7.12. The van der Waals surface area contributed by atoms with Gasteiger partial charge < -0.3 is 14.8 Å². The highest BCUT2D eigenvalue weighted by Crippen LogP contribution is 2.33. The van der Waals surface area contributed by atoms with Crippen molar-refractivity contribution in [2.45, 2.75) is 20.1 Å². The van der Waals surface area contributed by atoms with Gasteiger partial charge in [0, 0.05) is 16.5 Å². The van der Waals surface area contributed by atoms with Gasteiger partial charge in [0.25, 0.3) is 0 Å². The lowest BCUT2D eigenvalue weighted by Crippen LogP contribution is -2.20. The number of aryl methyl sites for hydroxylation is 1. The Labute approximate surface area is 142 Å². The molecular formula is C17H17F2NO3S. The lowest BCUT2D eigenvalue weighted by Gasteiger charge is -2.12. The van der Waals surface area contributed by atoms with Crippen LogP contribution in [0.5, 0.6) is 11.5 Å². The van der Waals surface area contributed by atoms with Crippen molar-refractivity contribution in [2.24, 2.45) is 0 Å². The molecule has 1 aromatic heterocycles. The molecule has 1 heterocycles. The monoisotopic (exact) mass is 353 g/mol. The number of nitrogens with one attached hydrogen (secondary N) is 1. The van der Waals surface area contributed by atoms with Crippen LogP contribution >= 0.6 is 11.3 Å². The number of carbonyl (C=O) groups is 1. The molecule has 0 spiro atoms. The predicted octanol–water partition coefficient (Wildman–Crippen LogP) is 4.00. The van der Waals surface area contributed by atoms with Crippen LogP contribution in [0.2, 0.25) is 0 Å². The molecule has 2 rings (SSSR count). The van der Waals surface area contributed by atoms with Crippen LogP contribution in [0, 0.1) is 6.92 Å². The summed E-state index contributed by atoms with van der Waals surface area (Å²) in [5, 5.41) is 4.70. The number of methoxy groups -OCH3 is 1. The molecule has 4 nitrogen and oxygen atoms in total. The van der Waals surface area contributed by atoms with Gasteiger partial charge in [0.05, 0.1) is 13.7 Å². The molecule has 0 bridgehead atoms. The van der Waals surface area contributed by atoms with Crippen LogP contribution in [0.25, 0.3) is 6.08 Å². The molecule has 0 saturated carbocycles. The van der Waals surface area contributed by atoms with E-state index in [2.05, 4.69) is 10.1 Å². The summed E-state index contributed by atoms with van der Waals surface area (Å²) in [6, 6.07) is 6.68. The maximum absolute atomic E-state index is 12.6. The molecule has 0 atom stereocenters. The zero-order valence-corrected chi connectivity index (χ0v) is 14.0. The summed E-state index contributed by atoms with van der Waals surface area (Å²) >= 11 is 1.56. The van der Waals surface area contributed by atoms with Crippen LogP contribution in [0.4, 0.5) is 8.78 Å². The second-order valence-electron chi connectivity index (χ2n) is 4.84. The highest BCUT2D eigenvalue weighted by Gasteiger charge is 2.14. The number of amides is 1. The molecule has 1 N–H and O–H groups in total. The van der Waals surface area contributed by atoms with Crippen LogP contribution in [-0.4, -0.2) is 19.6 Å². The summed E-state index contributed by atoms with van der Waals surface area (Å²) in [5.74, 6) is -0.256. The molecule has 0 aliphatic rings. The SMILES string of the molecule is COc1cccc(C=CC(=O)NCc2sccc2C)c1OC(F)F. The van der Waals surface area contributed by atoms with Crippen molar-refractivity contribution in [3.8, 4) is 11.5 Å². The summed E-state index contributed by atoms with van der Waals surface area (Å²) in [4.78, 5) is 13.0. The Hall–Kier alpha value is -2.41. The second-order valence-corrected chi connectivity index (χ2v) is 5.84. The lowest BCUT2D eigenvalue weighted by molar-refractivity contribution is -0.116. The highest BCUT2D eigenvalue weighted by atomic mass is 32.1.